The first-order valence-corrected chi connectivity index (χ1v) is 5.16. The lowest BCUT2D eigenvalue weighted by atomic mass is 10.2. The predicted molar refractivity (Wildman–Crippen MR) is 53.1 cm³/mol. The van der Waals surface area contributed by atoms with Gasteiger partial charge in [0.25, 0.3) is 0 Å². The normalized spacial score (nSPS) is 10.9. The van der Waals surface area contributed by atoms with Crippen LogP contribution in [0.15, 0.2) is 34.4 Å². The molecule has 0 N–H and O–H groups in total. The van der Waals surface area contributed by atoms with E-state index in [-0.39, 0.29) is 0 Å². The van der Waals surface area contributed by atoms with Gasteiger partial charge in [-0.15, -0.1) is 5.70 Å². The van der Waals surface area contributed by atoms with E-state index in [1.54, 1.807) is 0 Å². The Morgan fingerprint density at radius 2 is 1.80 bits per heavy atom. The molecule has 0 atom stereocenters. The second kappa shape index (κ2) is 3.74. The monoisotopic (exact) mass is 212 g/mol. The van der Waals surface area contributed by atoms with Crippen molar-refractivity contribution in [1.29, 1.82) is 0 Å². The first kappa shape index (κ1) is 7.76. The van der Waals surface area contributed by atoms with E-state index >= 15 is 0 Å². The Morgan fingerprint density at radius 3 is 2.30 bits per heavy atom. The van der Waals surface area contributed by atoms with Gasteiger partial charge in [0, 0.05) is 14.7 Å². The Bertz CT molecular complexity index is 226. The third-order valence-corrected chi connectivity index (χ3v) is 2.09. The molecule has 0 heterocycles. The Hall–Kier alpha value is -0.343. The van der Waals surface area contributed by atoms with Crippen LogP contribution in [0.1, 0.15) is 5.56 Å². The zero-order chi connectivity index (χ0) is 7.40. The molecule has 0 saturated heterocycles. The molecule has 0 radical (unpaired) electrons. The fourth-order valence-corrected chi connectivity index (χ4v) is 1.42. The van der Waals surface area contributed by atoms with Gasteiger partial charge in [-0.2, -0.15) is 0 Å². The molecule has 0 nitrogen and oxygen atoms in total. The van der Waals surface area contributed by atoms with Gasteiger partial charge >= 0.3 is 0 Å². The summed E-state index contributed by atoms with van der Waals surface area (Å²) in [7, 11) is 1.13. The molecule has 0 aliphatic rings. The molecule has 0 aromatic heterocycles. The van der Waals surface area contributed by atoms with Crippen molar-refractivity contribution in [2.24, 2.45) is 0 Å². The average Bonchev–Trinajstić information content (AvgIpc) is 1.95. The van der Waals surface area contributed by atoms with Crippen molar-refractivity contribution >= 4 is 32.2 Å². The van der Waals surface area contributed by atoms with Gasteiger partial charge in [-0.05, 0) is 17.7 Å². The van der Waals surface area contributed by atoms with Crippen LogP contribution in [0.2, 0.25) is 0 Å². The number of hydrogen-bond donors (Lipinski definition) is 0. The van der Waals surface area contributed by atoms with E-state index in [0.717, 1.165) is 14.7 Å². The van der Waals surface area contributed by atoms with E-state index in [0.29, 0.717) is 0 Å². The molecule has 0 bridgehead atoms. The molecule has 10 heavy (non-hydrogen) atoms. The van der Waals surface area contributed by atoms with E-state index in [2.05, 4.69) is 52.0 Å². The molecule has 0 aliphatic heterocycles. The highest BCUT2D eigenvalue weighted by Gasteiger charge is 1.84. The molecule has 52 valence electrons. The summed E-state index contributed by atoms with van der Waals surface area (Å²) in [5, 5.41) is 0. The Labute approximate surface area is 72.5 Å². The molecule has 0 aliphatic carbocycles. The number of hydrogen-bond acceptors (Lipinski definition) is 0. The van der Waals surface area contributed by atoms with Crippen LogP contribution in [0.25, 0.3) is 6.08 Å². The molecule has 1 rings (SSSR count). The van der Waals surface area contributed by atoms with E-state index in [1.807, 2.05) is 0 Å². The molecule has 0 amide bonds. The number of halogens is 1. The summed E-state index contributed by atoms with van der Waals surface area (Å²) in [5.74, 6) is 0. The molecular formula is C8H9BrSi. The Balaban J connectivity index is 2.89. The lowest BCUT2D eigenvalue weighted by Gasteiger charge is -1.91. The summed E-state index contributed by atoms with van der Waals surface area (Å²) in [6.45, 7) is 0. The van der Waals surface area contributed by atoms with Gasteiger partial charge in [0.05, 0.1) is 0 Å². The predicted octanol–water partition coefficient (Wildman–Crippen LogP) is 1.79. The van der Waals surface area contributed by atoms with Crippen LogP contribution in [0.5, 0.6) is 0 Å². The van der Waals surface area contributed by atoms with Crippen molar-refractivity contribution in [2.45, 2.75) is 0 Å². The van der Waals surface area contributed by atoms with Crippen LogP contribution < -0.4 is 0 Å². The summed E-state index contributed by atoms with van der Waals surface area (Å²) in [6.07, 6.45) is 2.14. The summed E-state index contributed by atoms with van der Waals surface area (Å²) in [6, 6.07) is 8.30. The van der Waals surface area contributed by atoms with Crippen molar-refractivity contribution < 1.29 is 0 Å². The molecule has 0 saturated carbocycles. The maximum absolute atomic E-state index is 3.38. The van der Waals surface area contributed by atoms with Gasteiger partial charge in [0.15, 0.2) is 0 Å². The van der Waals surface area contributed by atoms with Crippen molar-refractivity contribution in [3.63, 3.8) is 0 Å². The van der Waals surface area contributed by atoms with Crippen molar-refractivity contribution in [3.8, 4) is 0 Å². The maximum atomic E-state index is 3.38. The molecule has 1 aromatic rings. The first-order valence-electron chi connectivity index (χ1n) is 3.21. The summed E-state index contributed by atoms with van der Waals surface area (Å²) < 4.78 is 1.14. The maximum Gasteiger partial charge on any atom is 0.0291 e. The average molecular weight is 213 g/mol. The quantitative estimate of drug-likeness (QED) is 0.624. The third-order valence-electron chi connectivity index (χ3n) is 1.23. The van der Waals surface area contributed by atoms with Gasteiger partial charge in [-0.1, -0.05) is 34.1 Å². The summed E-state index contributed by atoms with van der Waals surface area (Å²) >= 11 is 3.38. The van der Waals surface area contributed by atoms with Gasteiger partial charge in [0.2, 0.25) is 0 Å². The van der Waals surface area contributed by atoms with Gasteiger partial charge in [0.1, 0.15) is 0 Å². The summed E-state index contributed by atoms with van der Waals surface area (Å²) in [5.41, 5.74) is 3.45. The second-order valence-corrected chi connectivity index (χ2v) is 3.63. The number of rotatable bonds is 1. The minimum Gasteiger partial charge on any atom is -0.105 e. The third kappa shape index (κ3) is 2.12. The zero-order valence-corrected chi connectivity index (χ0v) is 9.43. The van der Waals surface area contributed by atoms with Crippen LogP contribution in [-0.4, -0.2) is 10.2 Å². The molecule has 0 unspecified atom stereocenters. The van der Waals surface area contributed by atoms with Crippen LogP contribution in [0, 0.1) is 0 Å². The Morgan fingerprint density at radius 1 is 1.20 bits per heavy atom. The molecule has 0 spiro atoms. The van der Waals surface area contributed by atoms with E-state index < -0.39 is 0 Å². The zero-order valence-electron chi connectivity index (χ0n) is 5.84. The fraction of sp³-hybridized carbons (Fsp3) is 0. The minimum atomic E-state index is 1.13. The first-order chi connectivity index (χ1) is 4.83. The van der Waals surface area contributed by atoms with E-state index in [4.69, 9.17) is 0 Å². The molecular weight excluding hydrogens is 204 g/mol. The Kier molecular flexibility index (Phi) is 2.90. The number of benzene rings is 1. The highest BCUT2D eigenvalue weighted by molar-refractivity contribution is 9.10. The van der Waals surface area contributed by atoms with Gasteiger partial charge in [-0.3, -0.25) is 0 Å². The molecule has 2 heteroatoms. The SMILES string of the molecule is [SiH3]C=Cc1ccc(Br)cc1. The largest absolute Gasteiger partial charge is 0.105 e. The van der Waals surface area contributed by atoms with Crippen molar-refractivity contribution in [3.05, 3.63) is 40.0 Å². The van der Waals surface area contributed by atoms with Gasteiger partial charge in [-0.25, -0.2) is 0 Å². The second-order valence-electron chi connectivity index (χ2n) is 2.05. The van der Waals surface area contributed by atoms with E-state index in [1.165, 1.54) is 5.56 Å². The highest BCUT2D eigenvalue weighted by Crippen LogP contribution is 2.10. The topological polar surface area (TPSA) is 0 Å². The van der Waals surface area contributed by atoms with Crippen molar-refractivity contribution in [1.82, 2.24) is 0 Å². The van der Waals surface area contributed by atoms with Crippen molar-refractivity contribution in [2.75, 3.05) is 0 Å². The smallest absolute Gasteiger partial charge is 0.0291 e. The van der Waals surface area contributed by atoms with Crippen LogP contribution in [0.4, 0.5) is 0 Å². The van der Waals surface area contributed by atoms with Gasteiger partial charge < -0.3 is 0 Å². The molecule has 0 fully saturated rings. The minimum absolute atomic E-state index is 1.13. The summed E-state index contributed by atoms with van der Waals surface area (Å²) in [4.78, 5) is 0. The van der Waals surface area contributed by atoms with E-state index in [9.17, 15) is 0 Å². The molecule has 1 aromatic carbocycles. The lowest BCUT2D eigenvalue weighted by molar-refractivity contribution is 1.62. The van der Waals surface area contributed by atoms with Crippen LogP contribution >= 0.6 is 15.9 Å². The van der Waals surface area contributed by atoms with Crippen LogP contribution in [0.3, 0.4) is 0 Å². The fourth-order valence-electron chi connectivity index (χ4n) is 0.766. The standard InChI is InChI=1S/C8H9BrSi/c9-8-3-1-7(2-4-8)5-6-10/h1-6H,10H3. The lowest BCUT2D eigenvalue weighted by Crippen LogP contribution is -1.69. The van der Waals surface area contributed by atoms with Crippen LogP contribution in [-0.2, 0) is 0 Å². The highest BCUT2D eigenvalue weighted by atomic mass is 79.9.